The number of Topliss-reactive ketones (excluding diaryl/α,β-unsaturated/α-hetero) is 1. The van der Waals surface area contributed by atoms with E-state index < -0.39 is 12.1 Å². The van der Waals surface area contributed by atoms with Gasteiger partial charge in [-0.05, 0) is 44.2 Å². The van der Waals surface area contributed by atoms with Crippen molar-refractivity contribution in [2.75, 3.05) is 0 Å². The first-order valence-corrected chi connectivity index (χ1v) is 7.84. The van der Waals surface area contributed by atoms with Crippen LogP contribution in [0.5, 0.6) is 0 Å². The molecule has 1 aromatic heterocycles. The molecule has 0 fully saturated rings. The van der Waals surface area contributed by atoms with Gasteiger partial charge in [-0.1, -0.05) is 29.8 Å². The number of rotatable bonds is 4. The van der Waals surface area contributed by atoms with Crippen LogP contribution in [0.25, 0.3) is 11.0 Å². The predicted octanol–water partition coefficient (Wildman–Crippen LogP) is 4.82. The number of para-hydroxylation sites is 1. The molecular formula is C19H15ClO4. The van der Waals surface area contributed by atoms with Gasteiger partial charge in [0.2, 0.25) is 11.5 Å². The first-order chi connectivity index (χ1) is 11.5. The molecular weight excluding hydrogens is 328 g/mol. The van der Waals surface area contributed by atoms with Gasteiger partial charge in [-0.25, -0.2) is 4.79 Å². The van der Waals surface area contributed by atoms with Crippen molar-refractivity contribution >= 4 is 34.3 Å². The van der Waals surface area contributed by atoms with Crippen LogP contribution in [0.15, 0.2) is 52.9 Å². The standard InChI is InChI=1S/C19H15ClO4/c1-11-15-5-3-4-6-16(15)24-18(11)19(22)23-12(2)17(21)13-7-9-14(20)10-8-13/h3-10,12H,1-2H3/t12-/m0/s1. The van der Waals surface area contributed by atoms with Crippen molar-refractivity contribution in [1.29, 1.82) is 0 Å². The molecule has 5 heteroatoms. The summed E-state index contributed by atoms with van der Waals surface area (Å²) in [6, 6.07) is 13.8. The Morgan fingerprint density at radius 3 is 2.42 bits per heavy atom. The number of aryl methyl sites for hydroxylation is 1. The molecule has 1 atom stereocenters. The molecule has 0 aliphatic carbocycles. The average molecular weight is 343 g/mol. The van der Waals surface area contributed by atoms with E-state index in [2.05, 4.69) is 0 Å². The van der Waals surface area contributed by atoms with E-state index in [4.69, 9.17) is 20.8 Å². The Hall–Kier alpha value is -2.59. The second-order valence-electron chi connectivity index (χ2n) is 5.47. The van der Waals surface area contributed by atoms with Gasteiger partial charge in [0.15, 0.2) is 6.10 Å². The normalized spacial score (nSPS) is 12.1. The number of hydrogen-bond acceptors (Lipinski definition) is 4. The van der Waals surface area contributed by atoms with Gasteiger partial charge >= 0.3 is 5.97 Å². The summed E-state index contributed by atoms with van der Waals surface area (Å²) < 4.78 is 10.8. The van der Waals surface area contributed by atoms with Crippen molar-refractivity contribution < 1.29 is 18.7 Å². The number of hydrogen-bond donors (Lipinski definition) is 0. The molecule has 3 aromatic rings. The van der Waals surface area contributed by atoms with Crippen molar-refractivity contribution in [1.82, 2.24) is 0 Å². The van der Waals surface area contributed by atoms with Crippen LogP contribution in [0.4, 0.5) is 0 Å². The highest BCUT2D eigenvalue weighted by Gasteiger charge is 2.24. The molecule has 0 unspecified atom stereocenters. The molecule has 0 spiro atoms. The number of carbonyl (C=O) groups is 2. The van der Waals surface area contributed by atoms with E-state index in [0.29, 0.717) is 21.7 Å². The van der Waals surface area contributed by atoms with E-state index >= 15 is 0 Å². The molecule has 122 valence electrons. The summed E-state index contributed by atoms with van der Waals surface area (Å²) in [7, 11) is 0. The number of carbonyl (C=O) groups excluding carboxylic acids is 2. The molecule has 0 bridgehead atoms. The van der Waals surface area contributed by atoms with Crippen LogP contribution in [-0.4, -0.2) is 17.9 Å². The van der Waals surface area contributed by atoms with Gasteiger partial charge in [-0.15, -0.1) is 0 Å². The van der Waals surface area contributed by atoms with Gasteiger partial charge in [0.05, 0.1) is 0 Å². The van der Waals surface area contributed by atoms with E-state index in [0.717, 1.165) is 5.39 Å². The number of fused-ring (bicyclic) bond motifs is 1. The Balaban J connectivity index is 1.79. The molecule has 4 nitrogen and oxygen atoms in total. The first kappa shape index (κ1) is 16.3. The van der Waals surface area contributed by atoms with Gasteiger partial charge in [-0.2, -0.15) is 0 Å². The van der Waals surface area contributed by atoms with Crippen molar-refractivity contribution in [3.8, 4) is 0 Å². The lowest BCUT2D eigenvalue weighted by molar-refractivity contribution is 0.0290. The highest BCUT2D eigenvalue weighted by molar-refractivity contribution is 6.30. The maximum absolute atomic E-state index is 12.3. The molecule has 2 aromatic carbocycles. The Bertz CT molecular complexity index is 909. The third kappa shape index (κ3) is 3.05. The van der Waals surface area contributed by atoms with Gasteiger partial charge in [0.1, 0.15) is 5.58 Å². The molecule has 0 saturated heterocycles. The lowest BCUT2D eigenvalue weighted by atomic mass is 10.1. The topological polar surface area (TPSA) is 56.5 Å². The third-order valence-corrected chi connectivity index (χ3v) is 4.06. The maximum atomic E-state index is 12.3. The smallest absolute Gasteiger partial charge is 0.375 e. The number of furan rings is 1. The monoisotopic (exact) mass is 342 g/mol. The summed E-state index contributed by atoms with van der Waals surface area (Å²) in [6.07, 6.45) is -0.925. The lowest BCUT2D eigenvalue weighted by Crippen LogP contribution is -2.24. The molecule has 24 heavy (non-hydrogen) atoms. The van der Waals surface area contributed by atoms with Crippen LogP contribution in [0.1, 0.15) is 33.4 Å². The van der Waals surface area contributed by atoms with Crippen LogP contribution in [-0.2, 0) is 4.74 Å². The first-order valence-electron chi connectivity index (χ1n) is 7.46. The third-order valence-electron chi connectivity index (χ3n) is 3.81. The van der Waals surface area contributed by atoms with Crippen LogP contribution >= 0.6 is 11.6 Å². The maximum Gasteiger partial charge on any atom is 0.375 e. The SMILES string of the molecule is Cc1c(C(=O)O[C@@H](C)C(=O)c2ccc(Cl)cc2)oc2ccccc12. The van der Waals surface area contributed by atoms with Gasteiger partial charge in [0.25, 0.3) is 0 Å². The summed E-state index contributed by atoms with van der Waals surface area (Å²) in [5.74, 6) is -0.834. The number of benzene rings is 2. The average Bonchev–Trinajstić information content (AvgIpc) is 2.92. The Kier molecular flexibility index (Phi) is 4.40. The highest BCUT2D eigenvalue weighted by atomic mass is 35.5. The summed E-state index contributed by atoms with van der Waals surface area (Å²) >= 11 is 5.81. The Labute approximate surface area is 144 Å². The number of esters is 1. The van der Waals surface area contributed by atoms with Crippen LogP contribution in [0, 0.1) is 6.92 Å². The van der Waals surface area contributed by atoms with E-state index in [-0.39, 0.29) is 11.5 Å². The molecule has 0 N–H and O–H groups in total. The van der Waals surface area contributed by atoms with Crippen molar-refractivity contribution in [2.24, 2.45) is 0 Å². The fourth-order valence-electron chi connectivity index (χ4n) is 2.49. The second-order valence-corrected chi connectivity index (χ2v) is 5.91. The lowest BCUT2D eigenvalue weighted by Gasteiger charge is -2.11. The van der Waals surface area contributed by atoms with Crippen LogP contribution in [0.3, 0.4) is 0 Å². The zero-order chi connectivity index (χ0) is 17.3. The van der Waals surface area contributed by atoms with E-state index in [9.17, 15) is 9.59 Å². The minimum Gasteiger partial charge on any atom is -0.449 e. The number of ether oxygens (including phenoxy) is 1. The molecule has 3 rings (SSSR count). The second kappa shape index (κ2) is 6.49. The highest BCUT2D eigenvalue weighted by Crippen LogP contribution is 2.26. The van der Waals surface area contributed by atoms with Crippen molar-refractivity contribution in [3.63, 3.8) is 0 Å². The van der Waals surface area contributed by atoms with Gasteiger partial charge < -0.3 is 9.15 Å². The molecule has 1 heterocycles. The van der Waals surface area contributed by atoms with Crippen LogP contribution in [0.2, 0.25) is 5.02 Å². The molecule has 0 aliphatic rings. The van der Waals surface area contributed by atoms with Crippen LogP contribution < -0.4 is 0 Å². The quantitative estimate of drug-likeness (QED) is 0.503. The molecule has 0 saturated carbocycles. The Morgan fingerprint density at radius 1 is 1.08 bits per heavy atom. The number of halogens is 1. The van der Waals surface area contributed by atoms with Gasteiger partial charge in [0, 0.05) is 21.5 Å². The van der Waals surface area contributed by atoms with Crippen molar-refractivity contribution in [2.45, 2.75) is 20.0 Å². The largest absolute Gasteiger partial charge is 0.449 e. The molecule has 0 amide bonds. The summed E-state index contributed by atoms with van der Waals surface area (Å²) in [5.41, 5.74) is 1.74. The van der Waals surface area contributed by atoms with E-state index in [1.165, 1.54) is 6.92 Å². The summed E-state index contributed by atoms with van der Waals surface area (Å²) in [4.78, 5) is 24.7. The summed E-state index contributed by atoms with van der Waals surface area (Å²) in [6.45, 7) is 3.32. The number of ketones is 1. The molecule has 0 aliphatic heterocycles. The van der Waals surface area contributed by atoms with Crippen molar-refractivity contribution in [3.05, 3.63) is 70.4 Å². The van der Waals surface area contributed by atoms with E-state index in [1.807, 2.05) is 18.2 Å². The predicted molar refractivity (Wildman–Crippen MR) is 91.6 cm³/mol. The minimum atomic E-state index is -0.925. The molecule has 0 radical (unpaired) electrons. The Morgan fingerprint density at radius 2 is 1.75 bits per heavy atom. The summed E-state index contributed by atoms with van der Waals surface area (Å²) in [5, 5.41) is 1.38. The fraction of sp³-hybridized carbons (Fsp3) is 0.158. The minimum absolute atomic E-state index is 0.118. The zero-order valence-electron chi connectivity index (χ0n) is 13.2. The van der Waals surface area contributed by atoms with Gasteiger partial charge in [-0.3, -0.25) is 4.79 Å². The zero-order valence-corrected chi connectivity index (χ0v) is 14.0. The fourth-order valence-corrected chi connectivity index (χ4v) is 2.61. The van der Waals surface area contributed by atoms with E-state index in [1.54, 1.807) is 37.3 Å².